The van der Waals surface area contributed by atoms with E-state index < -0.39 is 0 Å². The number of carbonyl (C=O) groups is 1. The first-order valence-corrected chi connectivity index (χ1v) is 8.96. The van der Waals surface area contributed by atoms with Crippen LogP contribution in [0.3, 0.4) is 0 Å². The Kier molecular flexibility index (Phi) is 10.9. The van der Waals surface area contributed by atoms with Crippen LogP contribution in [0.2, 0.25) is 0 Å². The maximum absolute atomic E-state index is 11.8. The van der Waals surface area contributed by atoms with Crippen LogP contribution in [-0.2, 0) is 9.53 Å². The SMILES string of the molecule is CCCCCCCCCCC(=O)CCC1CCCCO1. The Labute approximate surface area is 125 Å². The minimum Gasteiger partial charge on any atom is -0.378 e. The Morgan fingerprint density at radius 3 is 2.30 bits per heavy atom. The van der Waals surface area contributed by atoms with Crippen LogP contribution in [0.15, 0.2) is 0 Å². The molecular formula is C18H34O2. The lowest BCUT2D eigenvalue weighted by Crippen LogP contribution is -2.19. The van der Waals surface area contributed by atoms with E-state index in [1.165, 1.54) is 57.8 Å². The number of hydrogen-bond donors (Lipinski definition) is 0. The summed E-state index contributed by atoms with van der Waals surface area (Å²) in [6, 6.07) is 0. The second-order valence-corrected chi connectivity index (χ2v) is 6.29. The summed E-state index contributed by atoms with van der Waals surface area (Å²) in [5.74, 6) is 0.449. The van der Waals surface area contributed by atoms with E-state index in [0.717, 1.165) is 38.7 Å². The monoisotopic (exact) mass is 282 g/mol. The summed E-state index contributed by atoms with van der Waals surface area (Å²) in [6.07, 6.45) is 16.9. The molecule has 1 aliphatic heterocycles. The summed E-state index contributed by atoms with van der Waals surface area (Å²) in [5.41, 5.74) is 0. The largest absolute Gasteiger partial charge is 0.378 e. The van der Waals surface area contributed by atoms with Crippen molar-refractivity contribution >= 4 is 5.78 Å². The van der Waals surface area contributed by atoms with Gasteiger partial charge in [-0.05, 0) is 32.1 Å². The van der Waals surface area contributed by atoms with Crippen LogP contribution in [0.25, 0.3) is 0 Å². The van der Waals surface area contributed by atoms with Crippen molar-refractivity contribution in [3.8, 4) is 0 Å². The molecule has 0 aliphatic carbocycles. The van der Waals surface area contributed by atoms with E-state index in [4.69, 9.17) is 4.74 Å². The molecule has 0 spiro atoms. The molecule has 0 aromatic heterocycles. The van der Waals surface area contributed by atoms with Gasteiger partial charge in [-0.15, -0.1) is 0 Å². The second-order valence-electron chi connectivity index (χ2n) is 6.29. The molecule has 1 aliphatic rings. The van der Waals surface area contributed by atoms with E-state index in [0.29, 0.717) is 11.9 Å². The molecule has 0 saturated carbocycles. The van der Waals surface area contributed by atoms with E-state index in [9.17, 15) is 4.79 Å². The molecule has 0 N–H and O–H groups in total. The molecule has 0 amide bonds. The van der Waals surface area contributed by atoms with E-state index in [-0.39, 0.29) is 0 Å². The minimum absolute atomic E-state index is 0.367. The van der Waals surface area contributed by atoms with Crippen molar-refractivity contribution in [3.63, 3.8) is 0 Å². The molecule has 2 nitrogen and oxygen atoms in total. The van der Waals surface area contributed by atoms with Gasteiger partial charge in [0.15, 0.2) is 0 Å². The highest BCUT2D eigenvalue weighted by atomic mass is 16.5. The number of hydrogen-bond acceptors (Lipinski definition) is 2. The third-order valence-corrected chi connectivity index (χ3v) is 4.33. The van der Waals surface area contributed by atoms with Gasteiger partial charge in [0.25, 0.3) is 0 Å². The Morgan fingerprint density at radius 1 is 0.950 bits per heavy atom. The fourth-order valence-electron chi connectivity index (χ4n) is 2.94. The number of carbonyl (C=O) groups excluding carboxylic acids is 1. The fourth-order valence-corrected chi connectivity index (χ4v) is 2.94. The van der Waals surface area contributed by atoms with Gasteiger partial charge in [0.05, 0.1) is 6.10 Å². The average molecular weight is 282 g/mol. The second kappa shape index (κ2) is 12.4. The molecule has 1 rings (SSSR count). The topological polar surface area (TPSA) is 26.3 Å². The van der Waals surface area contributed by atoms with Crippen LogP contribution >= 0.6 is 0 Å². The quantitative estimate of drug-likeness (QED) is 0.446. The molecule has 0 radical (unpaired) electrons. The molecule has 0 aromatic carbocycles. The smallest absolute Gasteiger partial charge is 0.133 e. The molecule has 1 saturated heterocycles. The van der Waals surface area contributed by atoms with Crippen LogP contribution < -0.4 is 0 Å². The molecule has 0 aromatic rings. The lowest BCUT2D eigenvalue weighted by atomic mass is 10.0. The third kappa shape index (κ3) is 9.52. The fraction of sp³-hybridized carbons (Fsp3) is 0.944. The first kappa shape index (κ1) is 17.7. The summed E-state index contributed by atoms with van der Waals surface area (Å²) in [5, 5.41) is 0. The number of rotatable bonds is 12. The first-order valence-electron chi connectivity index (χ1n) is 8.96. The summed E-state index contributed by atoms with van der Waals surface area (Å²) >= 11 is 0. The standard InChI is InChI=1S/C18H34O2/c1-2-3-4-5-6-7-8-9-12-17(19)14-15-18-13-10-11-16-20-18/h18H,2-16H2,1H3. The van der Waals surface area contributed by atoms with Gasteiger partial charge < -0.3 is 4.74 Å². The van der Waals surface area contributed by atoms with E-state index in [1.54, 1.807) is 0 Å². The van der Waals surface area contributed by atoms with Gasteiger partial charge >= 0.3 is 0 Å². The first-order chi connectivity index (χ1) is 9.83. The highest BCUT2D eigenvalue weighted by Gasteiger charge is 2.14. The predicted octanol–water partition coefficient (Wildman–Crippen LogP) is 5.44. The molecule has 118 valence electrons. The molecule has 0 bridgehead atoms. The Balaban J connectivity index is 1.84. The molecule has 1 unspecified atom stereocenters. The van der Waals surface area contributed by atoms with Gasteiger partial charge in [-0.3, -0.25) is 4.79 Å². The van der Waals surface area contributed by atoms with Crippen molar-refractivity contribution in [3.05, 3.63) is 0 Å². The summed E-state index contributed by atoms with van der Waals surface area (Å²) in [6.45, 7) is 3.15. The lowest BCUT2D eigenvalue weighted by molar-refractivity contribution is -0.120. The van der Waals surface area contributed by atoms with Gasteiger partial charge in [0.1, 0.15) is 5.78 Å². The average Bonchev–Trinajstić information content (AvgIpc) is 2.49. The Hall–Kier alpha value is -0.370. The van der Waals surface area contributed by atoms with Crippen LogP contribution in [0, 0.1) is 0 Å². The van der Waals surface area contributed by atoms with Crippen molar-refractivity contribution in [2.24, 2.45) is 0 Å². The van der Waals surface area contributed by atoms with Gasteiger partial charge in [-0.25, -0.2) is 0 Å². The zero-order valence-corrected chi connectivity index (χ0v) is 13.5. The minimum atomic E-state index is 0.367. The Bertz CT molecular complexity index is 232. The van der Waals surface area contributed by atoms with E-state index >= 15 is 0 Å². The Morgan fingerprint density at radius 2 is 1.65 bits per heavy atom. The third-order valence-electron chi connectivity index (χ3n) is 4.33. The summed E-state index contributed by atoms with van der Waals surface area (Å²) in [7, 11) is 0. The van der Waals surface area contributed by atoms with Crippen LogP contribution in [-0.4, -0.2) is 18.5 Å². The highest BCUT2D eigenvalue weighted by Crippen LogP contribution is 2.18. The van der Waals surface area contributed by atoms with Crippen molar-refractivity contribution in [2.75, 3.05) is 6.61 Å². The molecule has 1 heterocycles. The van der Waals surface area contributed by atoms with Gasteiger partial charge in [-0.2, -0.15) is 0 Å². The van der Waals surface area contributed by atoms with E-state index in [2.05, 4.69) is 6.92 Å². The predicted molar refractivity (Wildman–Crippen MR) is 85.1 cm³/mol. The normalized spacial score (nSPS) is 19.1. The number of ether oxygens (including phenoxy) is 1. The van der Waals surface area contributed by atoms with Gasteiger partial charge in [0, 0.05) is 19.4 Å². The van der Waals surface area contributed by atoms with Crippen molar-refractivity contribution in [1.29, 1.82) is 0 Å². The number of Topliss-reactive ketones (excluding diaryl/α,β-unsaturated/α-hetero) is 1. The molecular weight excluding hydrogens is 248 g/mol. The number of unbranched alkanes of at least 4 members (excludes halogenated alkanes) is 7. The van der Waals surface area contributed by atoms with Crippen LogP contribution in [0.5, 0.6) is 0 Å². The molecule has 2 heteroatoms. The molecule has 20 heavy (non-hydrogen) atoms. The summed E-state index contributed by atoms with van der Waals surface area (Å²) in [4.78, 5) is 11.8. The van der Waals surface area contributed by atoms with Gasteiger partial charge in [0.2, 0.25) is 0 Å². The van der Waals surface area contributed by atoms with Crippen molar-refractivity contribution in [1.82, 2.24) is 0 Å². The van der Waals surface area contributed by atoms with E-state index in [1.807, 2.05) is 0 Å². The summed E-state index contributed by atoms with van der Waals surface area (Å²) < 4.78 is 5.67. The maximum atomic E-state index is 11.8. The highest BCUT2D eigenvalue weighted by molar-refractivity contribution is 5.78. The number of ketones is 1. The van der Waals surface area contributed by atoms with Gasteiger partial charge in [-0.1, -0.05) is 51.9 Å². The van der Waals surface area contributed by atoms with Crippen LogP contribution in [0.1, 0.15) is 96.8 Å². The zero-order chi connectivity index (χ0) is 14.5. The van der Waals surface area contributed by atoms with Crippen molar-refractivity contribution in [2.45, 2.75) is 103 Å². The lowest BCUT2D eigenvalue weighted by Gasteiger charge is -2.22. The maximum Gasteiger partial charge on any atom is 0.133 e. The van der Waals surface area contributed by atoms with Crippen LogP contribution in [0.4, 0.5) is 0 Å². The molecule has 1 atom stereocenters. The van der Waals surface area contributed by atoms with Crippen molar-refractivity contribution < 1.29 is 9.53 Å². The molecule has 1 fully saturated rings. The zero-order valence-electron chi connectivity index (χ0n) is 13.5.